The first-order chi connectivity index (χ1) is 8.25. The molecule has 1 aromatic heterocycles. The minimum absolute atomic E-state index is 0.510. The van der Waals surface area contributed by atoms with Gasteiger partial charge in [0.1, 0.15) is 5.75 Å². The number of hydrogen-bond donors (Lipinski definition) is 0. The van der Waals surface area contributed by atoms with E-state index in [-0.39, 0.29) is 0 Å². The lowest BCUT2D eigenvalue weighted by atomic mass is 10.3. The Balaban J connectivity index is 1.78. The summed E-state index contributed by atoms with van der Waals surface area (Å²) >= 11 is 11.7. The summed E-state index contributed by atoms with van der Waals surface area (Å²) in [6.07, 6.45) is 2.85. The van der Waals surface area contributed by atoms with Crippen molar-refractivity contribution < 1.29 is 9.26 Å². The number of nitrogens with zero attached hydrogens (tertiary/aromatic N) is 2. The molecule has 0 bridgehead atoms. The minimum atomic E-state index is 0.510. The summed E-state index contributed by atoms with van der Waals surface area (Å²) in [4.78, 5) is 3.91. The van der Waals surface area contributed by atoms with Gasteiger partial charge in [-0.05, 0) is 24.6 Å². The lowest BCUT2D eigenvalue weighted by molar-refractivity contribution is 0.298. The molecular formula is C11H10Cl2N2O2. The molecule has 6 heteroatoms. The second-order valence-electron chi connectivity index (χ2n) is 3.36. The smallest absolute Gasteiger partial charge is 0.226 e. The molecular weight excluding hydrogens is 263 g/mol. The lowest BCUT2D eigenvalue weighted by Gasteiger charge is -2.07. The van der Waals surface area contributed by atoms with Crippen molar-refractivity contribution >= 4 is 23.2 Å². The average Bonchev–Trinajstić information content (AvgIpc) is 2.79. The molecule has 1 aromatic carbocycles. The largest absolute Gasteiger partial charge is 0.492 e. The van der Waals surface area contributed by atoms with Gasteiger partial charge >= 0.3 is 0 Å². The first kappa shape index (κ1) is 12.2. The van der Waals surface area contributed by atoms with Crippen molar-refractivity contribution in [3.63, 3.8) is 0 Å². The van der Waals surface area contributed by atoms with Gasteiger partial charge in [0.15, 0.2) is 6.33 Å². The fourth-order valence-electron chi connectivity index (χ4n) is 1.30. The van der Waals surface area contributed by atoms with E-state index in [0.29, 0.717) is 34.7 Å². The topological polar surface area (TPSA) is 48.2 Å². The molecule has 90 valence electrons. The number of aromatic nitrogens is 2. The highest BCUT2D eigenvalue weighted by atomic mass is 35.5. The molecule has 17 heavy (non-hydrogen) atoms. The quantitative estimate of drug-likeness (QED) is 0.783. The molecule has 4 nitrogen and oxygen atoms in total. The van der Waals surface area contributed by atoms with Crippen molar-refractivity contribution in [2.24, 2.45) is 0 Å². The second-order valence-corrected chi connectivity index (χ2v) is 4.21. The van der Waals surface area contributed by atoms with Gasteiger partial charge < -0.3 is 9.26 Å². The Bertz CT molecular complexity index is 474. The van der Waals surface area contributed by atoms with E-state index in [1.54, 1.807) is 18.2 Å². The molecule has 2 aromatic rings. The number of halogens is 2. The van der Waals surface area contributed by atoms with Crippen LogP contribution < -0.4 is 4.74 Å². The Morgan fingerprint density at radius 2 is 2.18 bits per heavy atom. The molecule has 0 N–H and O–H groups in total. The molecule has 0 saturated heterocycles. The Kier molecular flexibility index (Phi) is 4.23. The minimum Gasteiger partial charge on any atom is -0.492 e. The Labute approximate surface area is 108 Å². The third-order valence-corrected chi connectivity index (χ3v) is 2.62. The van der Waals surface area contributed by atoms with Crippen LogP contribution >= 0.6 is 23.2 Å². The maximum Gasteiger partial charge on any atom is 0.226 e. The van der Waals surface area contributed by atoms with Crippen LogP contribution in [0, 0.1) is 0 Å². The van der Waals surface area contributed by atoms with E-state index in [0.717, 1.165) is 6.42 Å². The lowest BCUT2D eigenvalue weighted by Crippen LogP contribution is -2.00. The van der Waals surface area contributed by atoms with Crippen LogP contribution in [-0.4, -0.2) is 16.7 Å². The average molecular weight is 273 g/mol. The van der Waals surface area contributed by atoms with E-state index in [2.05, 4.69) is 10.1 Å². The number of benzene rings is 1. The number of hydrogen-bond acceptors (Lipinski definition) is 4. The van der Waals surface area contributed by atoms with E-state index in [1.807, 2.05) is 0 Å². The molecule has 0 saturated carbocycles. The van der Waals surface area contributed by atoms with Gasteiger partial charge in [-0.1, -0.05) is 28.4 Å². The normalized spacial score (nSPS) is 10.5. The summed E-state index contributed by atoms with van der Waals surface area (Å²) in [6, 6.07) is 5.13. The van der Waals surface area contributed by atoms with E-state index in [1.165, 1.54) is 6.33 Å². The van der Waals surface area contributed by atoms with Crippen LogP contribution in [0.25, 0.3) is 0 Å². The third-order valence-electron chi connectivity index (χ3n) is 2.09. The van der Waals surface area contributed by atoms with Gasteiger partial charge in [0.25, 0.3) is 0 Å². The highest BCUT2D eigenvalue weighted by Gasteiger charge is 2.03. The fourth-order valence-corrected chi connectivity index (χ4v) is 1.77. The van der Waals surface area contributed by atoms with Crippen LogP contribution in [0.4, 0.5) is 0 Å². The Morgan fingerprint density at radius 3 is 2.88 bits per heavy atom. The van der Waals surface area contributed by atoms with Crippen LogP contribution in [0.5, 0.6) is 5.75 Å². The standard InChI is InChI=1S/C11H10Cl2N2O2/c12-8-3-4-10(9(13)6-8)16-5-1-2-11-14-7-15-17-11/h3-4,6-7H,1-2,5H2. The summed E-state index contributed by atoms with van der Waals surface area (Å²) in [5, 5.41) is 4.62. The number of ether oxygens (including phenoxy) is 1. The predicted octanol–water partition coefficient (Wildman–Crippen LogP) is 3.39. The third kappa shape index (κ3) is 3.61. The molecule has 0 radical (unpaired) electrons. The summed E-state index contributed by atoms with van der Waals surface area (Å²) < 4.78 is 10.4. The van der Waals surface area contributed by atoms with Gasteiger partial charge in [-0.2, -0.15) is 4.98 Å². The van der Waals surface area contributed by atoms with E-state index in [4.69, 9.17) is 32.5 Å². The van der Waals surface area contributed by atoms with Gasteiger partial charge in [-0.15, -0.1) is 0 Å². The number of rotatable bonds is 5. The first-order valence-electron chi connectivity index (χ1n) is 5.09. The highest BCUT2D eigenvalue weighted by Crippen LogP contribution is 2.27. The Morgan fingerprint density at radius 1 is 1.29 bits per heavy atom. The van der Waals surface area contributed by atoms with Crippen LogP contribution in [0.1, 0.15) is 12.3 Å². The fraction of sp³-hybridized carbons (Fsp3) is 0.273. The summed E-state index contributed by atoms with van der Waals surface area (Å²) in [7, 11) is 0. The van der Waals surface area contributed by atoms with Crippen LogP contribution in [0.3, 0.4) is 0 Å². The molecule has 0 atom stereocenters. The zero-order chi connectivity index (χ0) is 12.1. The van der Waals surface area contributed by atoms with Crippen LogP contribution in [0.15, 0.2) is 29.0 Å². The van der Waals surface area contributed by atoms with E-state index in [9.17, 15) is 0 Å². The molecule has 2 rings (SSSR count). The van der Waals surface area contributed by atoms with Gasteiger partial charge in [0.05, 0.1) is 11.6 Å². The molecule has 0 aliphatic carbocycles. The zero-order valence-corrected chi connectivity index (χ0v) is 10.4. The molecule has 0 unspecified atom stereocenters. The van der Waals surface area contributed by atoms with Crippen molar-refractivity contribution in [2.45, 2.75) is 12.8 Å². The summed E-state index contributed by atoms with van der Waals surface area (Å²) in [6.45, 7) is 0.531. The second kappa shape index (κ2) is 5.89. The summed E-state index contributed by atoms with van der Waals surface area (Å²) in [5.41, 5.74) is 0. The van der Waals surface area contributed by atoms with Crippen molar-refractivity contribution in [3.8, 4) is 5.75 Å². The van der Waals surface area contributed by atoms with Gasteiger partial charge in [-0.3, -0.25) is 0 Å². The maximum atomic E-state index is 5.96. The van der Waals surface area contributed by atoms with E-state index >= 15 is 0 Å². The SMILES string of the molecule is Clc1ccc(OCCCc2ncno2)c(Cl)c1. The molecule has 0 spiro atoms. The maximum absolute atomic E-state index is 5.96. The van der Waals surface area contributed by atoms with Gasteiger partial charge in [0.2, 0.25) is 5.89 Å². The molecule has 0 amide bonds. The summed E-state index contributed by atoms with van der Waals surface area (Å²) in [5.74, 6) is 1.23. The van der Waals surface area contributed by atoms with Crippen molar-refractivity contribution in [3.05, 3.63) is 40.5 Å². The first-order valence-corrected chi connectivity index (χ1v) is 5.84. The van der Waals surface area contributed by atoms with Crippen LogP contribution in [-0.2, 0) is 6.42 Å². The predicted molar refractivity (Wildman–Crippen MR) is 64.6 cm³/mol. The Hall–Kier alpha value is -1.26. The number of aryl methyl sites for hydroxylation is 1. The molecule has 1 heterocycles. The van der Waals surface area contributed by atoms with E-state index < -0.39 is 0 Å². The highest BCUT2D eigenvalue weighted by molar-refractivity contribution is 6.35. The molecule has 0 aliphatic heterocycles. The van der Waals surface area contributed by atoms with Crippen molar-refractivity contribution in [1.29, 1.82) is 0 Å². The van der Waals surface area contributed by atoms with Crippen molar-refractivity contribution in [2.75, 3.05) is 6.61 Å². The molecule has 0 aliphatic rings. The zero-order valence-electron chi connectivity index (χ0n) is 8.90. The molecule has 0 fully saturated rings. The van der Waals surface area contributed by atoms with Gasteiger partial charge in [-0.25, -0.2) is 0 Å². The van der Waals surface area contributed by atoms with Crippen molar-refractivity contribution in [1.82, 2.24) is 10.1 Å². The monoisotopic (exact) mass is 272 g/mol. The van der Waals surface area contributed by atoms with Gasteiger partial charge in [0, 0.05) is 11.4 Å². The van der Waals surface area contributed by atoms with Crippen LogP contribution in [0.2, 0.25) is 10.0 Å².